The number of imidazole rings is 1. The van der Waals surface area contributed by atoms with Crippen molar-refractivity contribution in [2.24, 2.45) is 11.7 Å². The minimum absolute atomic E-state index is 0.233. The SMILES string of the molecule is CC(N)(c1ncc[nH]1)C1CC1. The Kier molecular flexibility index (Phi) is 1.29. The van der Waals surface area contributed by atoms with E-state index >= 15 is 0 Å². The standard InChI is InChI=1S/C8H13N3/c1-8(9,6-2-3-6)7-10-4-5-11-7/h4-6H,2-3,9H2,1H3,(H,10,11). The van der Waals surface area contributed by atoms with Gasteiger partial charge in [0.25, 0.3) is 0 Å². The van der Waals surface area contributed by atoms with Crippen LogP contribution in [-0.4, -0.2) is 9.97 Å². The van der Waals surface area contributed by atoms with Crippen LogP contribution in [-0.2, 0) is 5.54 Å². The van der Waals surface area contributed by atoms with Gasteiger partial charge >= 0.3 is 0 Å². The second-order valence-electron chi connectivity index (χ2n) is 3.49. The first-order valence-electron chi connectivity index (χ1n) is 4.00. The number of rotatable bonds is 2. The Morgan fingerprint density at radius 1 is 1.73 bits per heavy atom. The summed E-state index contributed by atoms with van der Waals surface area (Å²) in [6.07, 6.45) is 6.06. The van der Waals surface area contributed by atoms with Gasteiger partial charge in [-0.2, -0.15) is 0 Å². The predicted molar refractivity (Wildman–Crippen MR) is 42.9 cm³/mol. The highest BCUT2D eigenvalue weighted by atomic mass is 15.0. The lowest BCUT2D eigenvalue weighted by molar-refractivity contribution is 0.404. The number of nitrogens with one attached hydrogen (secondary N) is 1. The van der Waals surface area contributed by atoms with Crippen molar-refractivity contribution >= 4 is 0 Å². The van der Waals surface area contributed by atoms with Crippen molar-refractivity contribution in [3.63, 3.8) is 0 Å². The Hall–Kier alpha value is -0.830. The van der Waals surface area contributed by atoms with Gasteiger partial charge in [-0.05, 0) is 25.7 Å². The molecule has 1 fully saturated rings. The van der Waals surface area contributed by atoms with E-state index in [4.69, 9.17) is 5.73 Å². The first-order valence-corrected chi connectivity index (χ1v) is 4.00. The number of hydrogen-bond acceptors (Lipinski definition) is 2. The zero-order valence-electron chi connectivity index (χ0n) is 6.67. The summed E-state index contributed by atoms with van der Waals surface area (Å²) in [6, 6.07) is 0. The maximum atomic E-state index is 6.09. The number of nitrogens with zero attached hydrogens (tertiary/aromatic N) is 1. The van der Waals surface area contributed by atoms with Gasteiger partial charge in [-0.15, -0.1) is 0 Å². The van der Waals surface area contributed by atoms with E-state index in [0.29, 0.717) is 5.92 Å². The second kappa shape index (κ2) is 2.08. The fraction of sp³-hybridized carbons (Fsp3) is 0.625. The molecule has 3 N–H and O–H groups in total. The summed E-state index contributed by atoms with van der Waals surface area (Å²) in [5.74, 6) is 1.55. The number of aromatic amines is 1. The summed E-state index contributed by atoms with van der Waals surface area (Å²) in [6.45, 7) is 2.05. The zero-order chi connectivity index (χ0) is 7.90. The molecule has 1 aromatic heterocycles. The Morgan fingerprint density at radius 2 is 2.45 bits per heavy atom. The second-order valence-corrected chi connectivity index (χ2v) is 3.49. The Balaban J connectivity index is 2.26. The van der Waals surface area contributed by atoms with Crippen LogP contribution in [0.4, 0.5) is 0 Å². The van der Waals surface area contributed by atoms with Crippen LogP contribution >= 0.6 is 0 Å². The Labute approximate surface area is 66.0 Å². The third-order valence-corrected chi connectivity index (χ3v) is 2.43. The van der Waals surface area contributed by atoms with Crippen LogP contribution in [0.15, 0.2) is 12.4 Å². The lowest BCUT2D eigenvalue weighted by Gasteiger charge is -2.21. The summed E-state index contributed by atoms with van der Waals surface area (Å²) in [7, 11) is 0. The predicted octanol–water partition coefficient (Wildman–Crippen LogP) is 0.994. The third-order valence-electron chi connectivity index (χ3n) is 2.43. The molecule has 1 aliphatic carbocycles. The van der Waals surface area contributed by atoms with Crippen molar-refractivity contribution in [3.05, 3.63) is 18.2 Å². The Bertz CT molecular complexity index is 234. The van der Waals surface area contributed by atoms with Crippen LogP contribution in [0.25, 0.3) is 0 Å². The molecule has 3 nitrogen and oxygen atoms in total. The highest BCUT2D eigenvalue weighted by molar-refractivity contribution is 5.09. The lowest BCUT2D eigenvalue weighted by atomic mass is 9.97. The number of H-pyrrole nitrogens is 1. The molecule has 1 unspecified atom stereocenters. The summed E-state index contributed by atoms with van der Waals surface area (Å²) >= 11 is 0. The van der Waals surface area contributed by atoms with Crippen molar-refractivity contribution in [2.75, 3.05) is 0 Å². The molecule has 11 heavy (non-hydrogen) atoms. The van der Waals surface area contributed by atoms with Gasteiger partial charge in [0.1, 0.15) is 5.82 Å². The molecule has 0 amide bonds. The molecule has 1 aliphatic rings. The maximum Gasteiger partial charge on any atom is 0.126 e. The van der Waals surface area contributed by atoms with E-state index in [2.05, 4.69) is 9.97 Å². The molecule has 0 bridgehead atoms. The number of nitrogens with two attached hydrogens (primary N) is 1. The van der Waals surface area contributed by atoms with E-state index in [0.717, 1.165) is 5.82 Å². The van der Waals surface area contributed by atoms with Crippen molar-refractivity contribution in [3.8, 4) is 0 Å². The van der Waals surface area contributed by atoms with Gasteiger partial charge in [-0.25, -0.2) is 4.98 Å². The molecule has 0 radical (unpaired) electrons. The van der Waals surface area contributed by atoms with Gasteiger partial charge in [-0.1, -0.05) is 0 Å². The molecule has 60 valence electrons. The first-order chi connectivity index (χ1) is 5.21. The van der Waals surface area contributed by atoms with E-state index in [-0.39, 0.29) is 5.54 Å². The van der Waals surface area contributed by atoms with Crippen LogP contribution in [0, 0.1) is 5.92 Å². The quantitative estimate of drug-likeness (QED) is 0.662. The van der Waals surface area contributed by atoms with Gasteiger partial charge in [0, 0.05) is 12.4 Å². The molecular formula is C8H13N3. The van der Waals surface area contributed by atoms with Gasteiger partial charge in [0.15, 0.2) is 0 Å². The van der Waals surface area contributed by atoms with Gasteiger partial charge in [0.05, 0.1) is 5.54 Å². The van der Waals surface area contributed by atoms with Crippen molar-refractivity contribution in [1.29, 1.82) is 0 Å². The van der Waals surface area contributed by atoms with Crippen molar-refractivity contribution in [2.45, 2.75) is 25.3 Å². The molecular weight excluding hydrogens is 138 g/mol. The summed E-state index contributed by atoms with van der Waals surface area (Å²) < 4.78 is 0. The van der Waals surface area contributed by atoms with Crippen LogP contribution in [0.1, 0.15) is 25.6 Å². The Morgan fingerprint density at radius 3 is 2.91 bits per heavy atom. The highest BCUT2D eigenvalue weighted by Crippen LogP contribution is 2.42. The minimum atomic E-state index is -0.233. The highest BCUT2D eigenvalue weighted by Gasteiger charge is 2.41. The van der Waals surface area contributed by atoms with Crippen LogP contribution in [0.5, 0.6) is 0 Å². The van der Waals surface area contributed by atoms with E-state index in [1.165, 1.54) is 12.8 Å². The molecule has 0 spiro atoms. The molecule has 2 rings (SSSR count). The molecule has 0 aromatic carbocycles. The molecule has 1 heterocycles. The van der Waals surface area contributed by atoms with Crippen molar-refractivity contribution < 1.29 is 0 Å². The average molecular weight is 151 g/mol. The van der Waals surface area contributed by atoms with Gasteiger partial charge < -0.3 is 10.7 Å². The van der Waals surface area contributed by atoms with E-state index < -0.39 is 0 Å². The molecule has 3 heteroatoms. The summed E-state index contributed by atoms with van der Waals surface area (Å²) in [5, 5.41) is 0. The van der Waals surface area contributed by atoms with Gasteiger partial charge in [-0.3, -0.25) is 0 Å². The summed E-state index contributed by atoms with van der Waals surface area (Å²) in [4.78, 5) is 7.23. The fourth-order valence-electron chi connectivity index (χ4n) is 1.44. The third kappa shape index (κ3) is 1.05. The average Bonchev–Trinajstić information content (AvgIpc) is 2.66. The minimum Gasteiger partial charge on any atom is -0.347 e. The summed E-state index contributed by atoms with van der Waals surface area (Å²) in [5.41, 5.74) is 5.86. The van der Waals surface area contributed by atoms with E-state index in [1.54, 1.807) is 6.20 Å². The monoisotopic (exact) mass is 151 g/mol. The number of hydrogen-bond donors (Lipinski definition) is 2. The van der Waals surface area contributed by atoms with Crippen LogP contribution in [0.3, 0.4) is 0 Å². The maximum absolute atomic E-state index is 6.09. The fourth-order valence-corrected chi connectivity index (χ4v) is 1.44. The number of aromatic nitrogens is 2. The normalized spacial score (nSPS) is 23.1. The molecule has 0 aliphatic heterocycles. The smallest absolute Gasteiger partial charge is 0.126 e. The topological polar surface area (TPSA) is 54.7 Å². The molecule has 1 atom stereocenters. The van der Waals surface area contributed by atoms with Crippen LogP contribution < -0.4 is 5.73 Å². The van der Waals surface area contributed by atoms with E-state index in [1.807, 2.05) is 13.1 Å². The van der Waals surface area contributed by atoms with Crippen molar-refractivity contribution in [1.82, 2.24) is 9.97 Å². The van der Waals surface area contributed by atoms with E-state index in [9.17, 15) is 0 Å². The molecule has 0 saturated heterocycles. The molecule has 1 aromatic rings. The van der Waals surface area contributed by atoms with Gasteiger partial charge in [0.2, 0.25) is 0 Å². The largest absolute Gasteiger partial charge is 0.347 e. The first kappa shape index (κ1) is 6.85. The zero-order valence-corrected chi connectivity index (χ0v) is 6.67. The molecule has 1 saturated carbocycles. The lowest BCUT2D eigenvalue weighted by Crippen LogP contribution is -2.36. The van der Waals surface area contributed by atoms with Crippen LogP contribution in [0.2, 0.25) is 0 Å².